The Balaban J connectivity index is 2.33. The van der Waals surface area contributed by atoms with Crippen LogP contribution in [-0.2, 0) is 11.2 Å². The van der Waals surface area contributed by atoms with Crippen LogP contribution < -0.4 is 5.32 Å². The zero-order valence-corrected chi connectivity index (χ0v) is 9.76. The molecular weight excluding hydrogens is 236 g/mol. The second-order valence-electron chi connectivity index (χ2n) is 4.48. The van der Waals surface area contributed by atoms with Crippen LogP contribution in [0.25, 0.3) is 0 Å². The Hall–Kier alpha value is -1.95. The van der Waals surface area contributed by atoms with Crippen LogP contribution in [0.5, 0.6) is 0 Å². The Morgan fingerprint density at radius 3 is 2.78 bits per heavy atom. The maximum absolute atomic E-state index is 11.4. The van der Waals surface area contributed by atoms with Gasteiger partial charge in [0.2, 0.25) is 0 Å². The number of carbonyl (C=O) groups is 1. The van der Waals surface area contributed by atoms with Crippen molar-refractivity contribution in [3.05, 3.63) is 39.9 Å². The number of hydrogen-bond donors (Lipinski definition) is 2. The van der Waals surface area contributed by atoms with E-state index in [0.717, 1.165) is 6.42 Å². The van der Waals surface area contributed by atoms with Crippen LogP contribution in [0, 0.1) is 10.1 Å². The van der Waals surface area contributed by atoms with E-state index in [2.05, 4.69) is 5.32 Å². The van der Waals surface area contributed by atoms with Crippen molar-refractivity contribution in [2.75, 3.05) is 6.54 Å². The van der Waals surface area contributed by atoms with Crippen LogP contribution in [-0.4, -0.2) is 28.1 Å². The molecule has 6 heteroatoms. The minimum atomic E-state index is -1.06. The van der Waals surface area contributed by atoms with Gasteiger partial charge in [0.15, 0.2) is 0 Å². The number of para-hydroxylation sites is 1. The van der Waals surface area contributed by atoms with Crippen LogP contribution in [0.3, 0.4) is 0 Å². The van der Waals surface area contributed by atoms with E-state index in [-0.39, 0.29) is 12.1 Å². The SMILES string of the molecule is O=C(O)[C@]1(Cc2ccccc2[N+](=O)[O-])CCCN1. The molecule has 0 aromatic heterocycles. The molecule has 1 aliphatic heterocycles. The highest BCUT2D eigenvalue weighted by Gasteiger charge is 2.42. The lowest BCUT2D eigenvalue weighted by Gasteiger charge is -2.24. The molecule has 1 aromatic carbocycles. The summed E-state index contributed by atoms with van der Waals surface area (Å²) in [6.07, 6.45) is 1.40. The summed E-state index contributed by atoms with van der Waals surface area (Å²) in [6.45, 7) is 0.632. The van der Waals surface area contributed by atoms with Gasteiger partial charge in [-0.2, -0.15) is 0 Å². The summed E-state index contributed by atoms with van der Waals surface area (Å²) in [5, 5.41) is 23.2. The fourth-order valence-electron chi connectivity index (χ4n) is 2.38. The standard InChI is InChI=1S/C12H14N2O4/c15-11(16)12(6-3-7-13-12)8-9-4-1-2-5-10(9)14(17)18/h1-2,4-5,13H,3,6-8H2,(H,15,16)/t12-/m1/s1. The highest BCUT2D eigenvalue weighted by Crippen LogP contribution is 2.28. The van der Waals surface area contributed by atoms with Crippen LogP contribution in [0.2, 0.25) is 0 Å². The smallest absolute Gasteiger partial charge is 0.324 e. The van der Waals surface area contributed by atoms with Gasteiger partial charge in [-0.25, -0.2) is 0 Å². The van der Waals surface area contributed by atoms with Crippen LogP contribution in [0.15, 0.2) is 24.3 Å². The lowest BCUT2D eigenvalue weighted by molar-refractivity contribution is -0.385. The minimum Gasteiger partial charge on any atom is -0.480 e. The van der Waals surface area contributed by atoms with Crippen molar-refractivity contribution in [1.29, 1.82) is 0 Å². The predicted octanol–water partition coefficient (Wildman–Crippen LogP) is 1.34. The van der Waals surface area contributed by atoms with Gasteiger partial charge in [0.1, 0.15) is 5.54 Å². The molecule has 1 fully saturated rings. The number of nitro benzene ring substituents is 1. The molecule has 0 amide bonds. The van der Waals surface area contributed by atoms with Gasteiger partial charge in [0, 0.05) is 18.1 Å². The third-order valence-electron chi connectivity index (χ3n) is 3.33. The van der Waals surface area contributed by atoms with Crippen molar-refractivity contribution < 1.29 is 14.8 Å². The van der Waals surface area contributed by atoms with Gasteiger partial charge in [-0.1, -0.05) is 18.2 Å². The molecule has 0 saturated carbocycles. The van der Waals surface area contributed by atoms with Gasteiger partial charge in [-0.15, -0.1) is 0 Å². The highest BCUT2D eigenvalue weighted by atomic mass is 16.6. The molecule has 1 heterocycles. The number of nitrogens with one attached hydrogen (secondary N) is 1. The highest BCUT2D eigenvalue weighted by molar-refractivity contribution is 5.80. The molecule has 1 atom stereocenters. The van der Waals surface area contributed by atoms with Crippen molar-refractivity contribution in [3.63, 3.8) is 0 Å². The van der Waals surface area contributed by atoms with E-state index in [9.17, 15) is 20.0 Å². The molecule has 1 saturated heterocycles. The van der Waals surface area contributed by atoms with Crippen molar-refractivity contribution in [3.8, 4) is 0 Å². The fourth-order valence-corrected chi connectivity index (χ4v) is 2.38. The first kappa shape index (κ1) is 12.5. The fraction of sp³-hybridized carbons (Fsp3) is 0.417. The van der Waals surface area contributed by atoms with Crippen LogP contribution in [0.1, 0.15) is 18.4 Å². The van der Waals surface area contributed by atoms with Gasteiger partial charge in [-0.3, -0.25) is 14.9 Å². The van der Waals surface area contributed by atoms with Gasteiger partial charge in [0.25, 0.3) is 5.69 Å². The maximum Gasteiger partial charge on any atom is 0.324 e. The summed E-state index contributed by atoms with van der Waals surface area (Å²) in [6, 6.07) is 6.28. The van der Waals surface area contributed by atoms with Crippen molar-refractivity contribution >= 4 is 11.7 Å². The number of carboxylic acid groups (broad SMARTS) is 1. The van der Waals surface area contributed by atoms with Crippen LogP contribution >= 0.6 is 0 Å². The summed E-state index contributed by atoms with van der Waals surface area (Å²) in [5.74, 6) is -0.946. The molecule has 2 N–H and O–H groups in total. The Morgan fingerprint density at radius 1 is 1.50 bits per heavy atom. The Bertz CT molecular complexity index is 481. The summed E-state index contributed by atoms with van der Waals surface area (Å²) < 4.78 is 0. The number of rotatable bonds is 4. The zero-order valence-electron chi connectivity index (χ0n) is 9.76. The van der Waals surface area contributed by atoms with E-state index in [0.29, 0.717) is 18.5 Å². The van der Waals surface area contributed by atoms with Gasteiger partial charge < -0.3 is 10.4 Å². The first-order chi connectivity index (χ1) is 8.55. The van der Waals surface area contributed by atoms with E-state index >= 15 is 0 Å². The molecule has 0 spiro atoms. The average Bonchev–Trinajstić information content (AvgIpc) is 2.79. The predicted molar refractivity (Wildman–Crippen MR) is 64.4 cm³/mol. The second kappa shape index (κ2) is 4.73. The normalized spacial score (nSPS) is 22.9. The summed E-state index contributed by atoms with van der Waals surface area (Å²) in [7, 11) is 0. The number of benzene rings is 1. The Morgan fingerprint density at radius 2 is 2.22 bits per heavy atom. The summed E-state index contributed by atoms with van der Waals surface area (Å²) >= 11 is 0. The molecule has 0 unspecified atom stereocenters. The zero-order chi connectivity index (χ0) is 13.2. The van der Waals surface area contributed by atoms with E-state index in [1.54, 1.807) is 18.2 Å². The number of nitro groups is 1. The van der Waals surface area contributed by atoms with Crippen LogP contribution in [0.4, 0.5) is 5.69 Å². The van der Waals surface area contributed by atoms with E-state index in [4.69, 9.17) is 0 Å². The molecule has 2 rings (SSSR count). The Kier molecular flexibility index (Phi) is 3.29. The van der Waals surface area contributed by atoms with Crippen molar-refractivity contribution in [2.45, 2.75) is 24.8 Å². The van der Waals surface area contributed by atoms with Gasteiger partial charge in [0.05, 0.1) is 4.92 Å². The summed E-state index contributed by atoms with van der Waals surface area (Å²) in [4.78, 5) is 21.8. The molecule has 0 bridgehead atoms. The van der Waals surface area contributed by atoms with Crippen molar-refractivity contribution in [1.82, 2.24) is 5.32 Å². The lowest BCUT2D eigenvalue weighted by atomic mass is 9.89. The third-order valence-corrected chi connectivity index (χ3v) is 3.33. The summed E-state index contributed by atoms with van der Waals surface area (Å²) in [5.41, 5.74) is -0.627. The maximum atomic E-state index is 11.4. The molecule has 96 valence electrons. The van der Waals surface area contributed by atoms with E-state index in [1.807, 2.05) is 0 Å². The van der Waals surface area contributed by atoms with E-state index < -0.39 is 16.4 Å². The average molecular weight is 250 g/mol. The third kappa shape index (κ3) is 2.19. The molecule has 6 nitrogen and oxygen atoms in total. The molecule has 18 heavy (non-hydrogen) atoms. The minimum absolute atomic E-state index is 0.0215. The Labute approximate surface area is 104 Å². The monoisotopic (exact) mass is 250 g/mol. The molecule has 1 aliphatic rings. The lowest BCUT2D eigenvalue weighted by Crippen LogP contribution is -2.49. The molecule has 1 aromatic rings. The van der Waals surface area contributed by atoms with Gasteiger partial charge >= 0.3 is 5.97 Å². The first-order valence-electron chi connectivity index (χ1n) is 5.76. The largest absolute Gasteiger partial charge is 0.480 e. The number of nitrogens with zero attached hydrogens (tertiary/aromatic N) is 1. The quantitative estimate of drug-likeness (QED) is 0.621. The molecular formula is C12H14N2O4. The van der Waals surface area contributed by atoms with E-state index in [1.165, 1.54) is 6.07 Å². The number of aliphatic carboxylic acids is 1. The van der Waals surface area contributed by atoms with Crippen molar-refractivity contribution in [2.24, 2.45) is 0 Å². The number of carboxylic acids is 1. The second-order valence-corrected chi connectivity index (χ2v) is 4.48. The number of hydrogen-bond acceptors (Lipinski definition) is 4. The molecule has 0 aliphatic carbocycles. The molecule has 0 radical (unpaired) electrons. The first-order valence-corrected chi connectivity index (χ1v) is 5.76. The van der Waals surface area contributed by atoms with Gasteiger partial charge in [-0.05, 0) is 19.4 Å². The topological polar surface area (TPSA) is 92.5 Å².